The van der Waals surface area contributed by atoms with E-state index in [0.717, 1.165) is 15.7 Å². The number of thiazole rings is 2. The minimum absolute atomic E-state index is 0.0965. The molecule has 0 fully saturated rings. The SMILES string of the molecule is Cc1nc(COc2cccc(C(=O)OCc3csc(-c4ccco4)n3)c2)cs1. The lowest BCUT2D eigenvalue weighted by molar-refractivity contribution is 0.0468. The summed E-state index contributed by atoms with van der Waals surface area (Å²) in [7, 11) is 0. The smallest absolute Gasteiger partial charge is 0.338 e. The topological polar surface area (TPSA) is 74.5 Å². The summed E-state index contributed by atoms with van der Waals surface area (Å²) in [5.41, 5.74) is 1.97. The molecule has 0 aliphatic heterocycles. The van der Waals surface area contributed by atoms with Crippen LogP contribution in [0.5, 0.6) is 5.75 Å². The van der Waals surface area contributed by atoms with E-state index in [-0.39, 0.29) is 6.61 Å². The van der Waals surface area contributed by atoms with Gasteiger partial charge in [-0.3, -0.25) is 0 Å². The lowest BCUT2D eigenvalue weighted by atomic mass is 10.2. The fraction of sp³-hybridized carbons (Fsp3) is 0.150. The molecule has 0 radical (unpaired) electrons. The molecule has 6 nitrogen and oxygen atoms in total. The molecule has 0 amide bonds. The second kappa shape index (κ2) is 8.37. The predicted molar refractivity (Wildman–Crippen MR) is 107 cm³/mol. The van der Waals surface area contributed by atoms with Gasteiger partial charge in [0.2, 0.25) is 0 Å². The number of nitrogens with zero attached hydrogens (tertiary/aromatic N) is 2. The number of benzene rings is 1. The molecule has 8 heteroatoms. The van der Waals surface area contributed by atoms with E-state index in [9.17, 15) is 4.79 Å². The van der Waals surface area contributed by atoms with Gasteiger partial charge in [-0.05, 0) is 37.3 Å². The third-order valence-corrected chi connectivity index (χ3v) is 5.49. The first-order valence-electron chi connectivity index (χ1n) is 8.46. The lowest BCUT2D eigenvalue weighted by Gasteiger charge is -2.07. The maximum absolute atomic E-state index is 12.4. The molecular formula is C20H16N2O4S2. The van der Waals surface area contributed by atoms with Gasteiger partial charge in [0.25, 0.3) is 0 Å². The minimum atomic E-state index is -0.428. The third-order valence-electron chi connectivity index (χ3n) is 3.76. The molecule has 3 heterocycles. The highest BCUT2D eigenvalue weighted by Crippen LogP contribution is 2.24. The summed E-state index contributed by atoms with van der Waals surface area (Å²) in [4.78, 5) is 21.1. The normalized spacial score (nSPS) is 10.8. The molecule has 0 spiro atoms. The summed E-state index contributed by atoms with van der Waals surface area (Å²) in [6, 6.07) is 10.6. The van der Waals surface area contributed by atoms with Gasteiger partial charge < -0.3 is 13.9 Å². The van der Waals surface area contributed by atoms with Crippen LogP contribution in [0.2, 0.25) is 0 Å². The molecule has 0 N–H and O–H groups in total. The standard InChI is InChI=1S/C20H16N2O4S2/c1-13-21-15(11-27-13)9-25-17-5-2-4-14(8-17)20(23)26-10-16-12-28-19(22-16)18-6-3-7-24-18/h2-8,11-12H,9-10H2,1H3. The average Bonchev–Trinajstić information content (AvgIpc) is 3.46. The number of aromatic nitrogens is 2. The number of carbonyl (C=O) groups excluding carboxylic acids is 1. The van der Waals surface area contributed by atoms with Crippen molar-refractivity contribution in [2.24, 2.45) is 0 Å². The summed E-state index contributed by atoms with van der Waals surface area (Å²) in [6.45, 7) is 2.40. The van der Waals surface area contributed by atoms with E-state index in [4.69, 9.17) is 13.9 Å². The first-order chi connectivity index (χ1) is 13.7. The maximum Gasteiger partial charge on any atom is 0.338 e. The second-order valence-electron chi connectivity index (χ2n) is 5.87. The van der Waals surface area contributed by atoms with Gasteiger partial charge in [-0.15, -0.1) is 22.7 Å². The van der Waals surface area contributed by atoms with Crippen molar-refractivity contribution in [3.8, 4) is 16.5 Å². The van der Waals surface area contributed by atoms with Crippen LogP contribution >= 0.6 is 22.7 Å². The van der Waals surface area contributed by atoms with Gasteiger partial charge in [0.1, 0.15) is 19.0 Å². The highest BCUT2D eigenvalue weighted by Gasteiger charge is 2.12. The Balaban J connectivity index is 1.34. The number of carbonyl (C=O) groups is 1. The van der Waals surface area contributed by atoms with Gasteiger partial charge in [0.15, 0.2) is 10.8 Å². The highest BCUT2D eigenvalue weighted by molar-refractivity contribution is 7.13. The Morgan fingerprint density at radius 3 is 2.71 bits per heavy atom. The largest absolute Gasteiger partial charge is 0.487 e. The Bertz CT molecular complexity index is 1070. The molecule has 0 saturated heterocycles. The van der Waals surface area contributed by atoms with Crippen LogP contribution in [0.15, 0.2) is 57.8 Å². The van der Waals surface area contributed by atoms with Crippen molar-refractivity contribution in [1.29, 1.82) is 0 Å². The van der Waals surface area contributed by atoms with E-state index in [2.05, 4.69) is 9.97 Å². The van der Waals surface area contributed by atoms with Crippen LogP contribution in [0.3, 0.4) is 0 Å². The van der Waals surface area contributed by atoms with Crippen LogP contribution in [-0.4, -0.2) is 15.9 Å². The molecule has 28 heavy (non-hydrogen) atoms. The first kappa shape index (κ1) is 18.4. The molecule has 0 aliphatic carbocycles. The molecule has 0 atom stereocenters. The Morgan fingerprint density at radius 1 is 1.07 bits per heavy atom. The summed E-state index contributed by atoms with van der Waals surface area (Å²) in [5.74, 6) is 0.860. The van der Waals surface area contributed by atoms with Crippen molar-refractivity contribution >= 4 is 28.6 Å². The molecular weight excluding hydrogens is 396 g/mol. The van der Waals surface area contributed by atoms with Crippen LogP contribution in [0.4, 0.5) is 0 Å². The third kappa shape index (κ3) is 4.47. The Morgan fingerprint density at radius 2 is 1.93 bits per heavy atom. The number of hydrogen-bond acceptors (Lipinski definition) is 8. The molecule has 0 bridgehead atoms. The van der Waals surface area contributed by atoms with E-state index in [1.165, 1.54) is 11.3 Å². The van der Waals surface area contributed by atoms with Crippen LogP contribution < -0.4 is 4.74 Å². The lowest BCUT2D eigenvalue weighted by Crippen LogP contribution is -2.06. The molecule has 0 unspecified atom stereocenters. The molecule has 142 valence electrons. The molecule has 0 aliphatic rings. The summed E-state index contributed by atoms with van der Waals surface area (Å²) in [6.07, 6.45) is 1.60. The summed E-state index contributed by atoms with van der Waals surface area (Å²) in [5, 5.41) is 5.55. The zero-order chi connectivity index (χ0) is 19.3. The van der Waals surface area contributed by atoms with E-state index in [0.29, 0.717) is 29.4 Å². The number of aryl methyl sites for hydroxylation is 1. The monoisotopic (exact) mass is 412 g/mol. The van der Waals surface area contributed by atoms with E-state index < -0.39 is 5.97 Å². The van der Waals surface area contributed by atoms with Crippen molar-refractivity contribution < 1.29 is 18.7 Å². The highest BCUT2D eigenvalue weighted by atomic mass is 32.1. The Kier molecular flexibility index (Phi) is 5.50. The average molecular weight is 412 g/mol. The van der Waals surface area contributed by atoms with Crippen LogP contribution in [0.1, 0.15) is 26.8 Å². The van der Waals surface area contributed by atoms with Gasteiger partial charge in [-0.2, -0.15) is 0 Å². The summed E-state index contributed by atoms with van der Waals surface area (Å²) < 4.78 is 16.4. The molecule has 0 saturated carbocycles. The van der Waals surface area contributed by atoms with Crippen molar-refractivity contribution in [3.63, 3.8) is 0 Å². The predicted octanol–water partition coefficient (Wildman–Crippen LogP) is 5.10. The summed E-state index contributed by atoms with van der Waals surface area (Å²) >= 11 is 3.02. The zero-order valence-corrected chi connectivity index (χ0v) is 16.6. The Hall–Kier alpha value is -2.97. The van der Waals surface area contributed by atoms with E-state index in [1.54, 1.807) is 47.9 Å². The number of ether oxygens (including phenoxy) is 2. The van der Waals surface area contributed by atoms with Crippen molar-refractivity contribution in [1.82, 2.24) is 9.97 Å². The fourth-order valence-electron chi connectivity index (χ4n) is 2.45. The van der Waals surface area contributed by atoms with Gasteiger partial charge in [-0.25, -0.2) is 14.8 Å². The Labute approximate surface area is 169 Å². The number of hydrogen-bond donors (Lipinski definition) is 0. The number of rotatable bonds is 7. The van der Waals surface area contributed by atoms with Crippen LogP contribution in [0, 0.1) is 6.92 Å². The van der Waals surface area contributed by atoms with Gasteiger partial charge in [0.05, 0.1) is 28.2 Å². The van der Waals surface area contributed by atoms with Gasteiger partial charge >= 0.3 is 5.97 Å². The molecule has 4 aromatic rings. The van der Waals surface area contributed by atoms with E-state index >= 15 is 0 Å². The number of esters is 1. The van der Waals surface area contributed by atoms with Crippen LogP contribution in [-0.2, 0) is 18.0 Å². The zero-order valence-electron chi connectivity index (χ0n) is 15.0. The van der Waals surface area contributed by atoms with Crippen molar-refractivity contribution in [2.75, 3.05) is 0 Å². The molecule has 4 rings (SSSR count). The minimum Gasteiger partial charge on any atom is -0.487 e. The maximum atomic E-state index is 12.4. The van der Waals surface area contributed by atoms with Gasteiger partial charge in [-0.1, -0.05) is 6.07 Å². The van der Waals surface area contributed by atoms with Crippen molar-refractivity contribution in [2.45, 2.75) is 20.1 Å². The van der Waals surface area contributed by atoms with Gasteiger partial charge in [0, 0.05) is 10.8 Å². The number of furan rings is 1. The van der Waals surface area contributed by atoms with Crippen molar-refractivity contribution in [3.05, 3.63) is 75.4 Å². The van der Waals surface area contributed by atoms with E-state index in [1.807, 2.05) is 23.8 Å². The molecule has 1 aromatic carbocycles. The molecule has 3 aromatic heterocycles. The van der Waals surface area contributed by atoms with Crippen LogP contribution in [0.25, 0.3) is 10.8 Å². The fourth-order valence-corrected chi connectivity index (χ4v) is 3.82. The first-order valence-corrected chi connectivity index (χ1v) is 10.2. The second-order valence-corrected chi connectivity index (χ2v) is 7.79. The quantitative estimate of drug-likeness (QED) is 0.393.